The fourth-order valence-corrected chi connectivity index (χ4v) is 4.25. The predicted octanol–water partition coefficient (Wildman–Crippen LogP) is 2.88. The third-order valence-electron chi connectivity index (χ3n) is 5.49. The standard InChI is InChI=1S/C19H23N3O3/c1-11-4-2-6-14(11)15-7-3-5-12-8-16(22(20)18(12)15)19-21-13(10-25-19)9-17(23)24/h3,5,7-8,11,13-14H,2,4,6,9-10,20H2,1H3,(H,23,24). The number of hydrogen-bond donors (Lipinski definition) is 2. The van der Waals surface area contributed by atoms with E-state index in [1.54, 1.807) is 4.68 Å². The summed E-state index contributed by atoms with van der Waals surface area (Å²) in [6.45, 7) is 2.59. The zero-order chi connectivity index (χ0) is 17.6. The van der Waals surface area contributed by atoms with Gasteiger partial charge >= 0.3 is 5.97 Å². The lowest BCUT2D eigenvalue weighted by Crippen LogP contribution is -2.18. The molecule has 3 unspecified atom stereocenters. The number of benzene rings is 1. The summed E-state index contributed by atoms with van der Waals surface area (Å²) in [6, 6.07) is 7.94. The van der Waals surface area contributed by atoms with Gasteiger partial charge in [0.1, 0.15) is 12.3 Å². The zero-order valence-corrected chi connectivity index (χ0v) is 14.3. The van der Waals surface area contributed by atoms with Crippen molar-refractivity contribution in [2.75, 3.05) is 12.4 Å². The first-order chi connectivity index (χ1) is 12.0. The van der Waals surface area contributed by atoms with Gasteiger partial charge in [-0.15, -0.1) is 0 Å². The van der Waals surface area contributed by atoms with Crippen LogP contribution in [0.15, 0.2) is 29.3 Å². The van der Waals surface area contributed by atoms with Crippen molar-refractivity contribution in [1.82, 2.24) is 4.68 Å². The third-order valence-corrected chi connectivity index (χ3v) is 5.49. The Kier molecular flexibility index (Phi) is 3.90. The Labute approximate surface area is 146 Å². The van der Waals surface area contributed by atoms with Crippen molar-refractivity contribution < 1.29 is 14.6 Å². The molecule has 132 valence electrons. The minimum absolute atomic E-state index is 0.0286. The molecule has 1 aromatic carbocycles. The van der Waals surface area contributed by atoms with Gasteiger partial charge in [-0.3, -0.25) is 9.47 Å². The van der Waals surface area contributed by atoms with Crippen molar-refractivity contribution in [3.8, 4) is 0 Å². The largest absolute Gasteiger partial charge is 0.481 e. The number of fused-ring (bicyclic) bond motifs is 1. The van der Waals surface area contributed by atoms with Gasteiger partial charge in [-0.2, -0.15) is 0 Å². The topological polar surface area (TPSA) is 89.8 Å². The first-order valence-corrected chi connectivity index (χ1v) is 8.87. The molecule has 0 spiro atoms. The number of carboxylic acid groups (broad SMARTS) is 1. The number of nitrogens with two attached hydrogens (primary N) is 1. The van der Waals surface area contributed by atoms with E-state index < -0.39 is 5.97 Å². The van der Waals surface area contributed by atoms with Crippen LogP contribution in [0.4, 0.5) is 0 Å². The van der Waals surface area contributed by atoms with Crippen LogP contribution in [0.3, 0.4) is 0 Å². The molecule has 6 heteroatoms. The average Bonchev–Trinajstić information content (AvgIpc) is 3.26. The highest BCUT2D eigenvalue weighted by atomic mass is 16.5. The highest BCUT2D eigenvalue weighted by Crippen LogP contribution is 2.42. The Bertz CT molecular complexity index is 855. The summed E-state index contributed by atoms with van der Waals surface area (Å²) < 4.78 is 7.30. The second-order valence-electron chi connectivity index (χ2n) is 7.20. The van der Waals surface area contributed by atoms with Crippen molar-refractivity contribution in [2.24, 2.45) is 10.9 Å². The molecule has 2 heterocycles. The second kappa shape index (κ2) is 6.10. The van der Waals surface area contributed by atoms with E-state index in [2.05, 4.69) is 30.1 Å². The summed E-state index contributed by atoms with van der Waals surface area (Å²) in [5.74, 6) is 7.17. The van der Waals surface area contributed by atoms with Crippen molar-refractivity contribution in [2.45, 2.75) is 44.6 Å². The van der Waals surface area contributed by atoms with Crippen LogP contribution >= 0.6 is 0 Å². The fourth-order valence-electron chi connectivity index (χ4n) is 4.25. The minimum Gasteiger partial charge on any atom is -0.481 e. The highest BCUT2D eigenvalue weighted by Gasteiger charge is 2.29. The Balaban J connectivity index is 1.75. The summed E-state index contributed by atoms with van der Waals surface area (Å²) in [4.78, 5) is 15.3. The van der Waals surface area contributed by atoms with Gasteiger partial charge in [0.2, 0.25) is 5.90 Å². The van der Waals surface area contributed by atoms with Crippen LogP contribution in [-0.4, -0.2) is 34.3 Å². The number of nitrogen functional groups attached to an aromatic ring is 1. The van der Waals surface area contributed by atoms with Gasteiger partial charge < -0.3 is 15.7 Å². The zero-order valence-electron chi connectivity index (χ0n) is 14.3. The van der Waals surface area contributed by atoms with E-state index >= 15 is 0 Å². The van der Waals surface area contributed by atoms with Crippen LogP contribution in [-0.2, 0) is 9.53 Å². The van der Waals surface area contributed by atoms with Crippen molar-refractivity contribution in [1.29, 1.82) is 0 Å². The molecule has 25 heavy (non-hydrogen) atoms. The van der Waals surface area contributed by atoms with Crippen molar-refractivity contribution >= 4 is 22.8 Å². The van der Waals surface area contributed by atoms with Crippen LogP contribution in [0.25, 0.3) is 10.9 Å². The number of rotatable bonds is 4. The number of aliphatic imine (C=N–C) groups is 1. The molecule has 1 fully saturated rings. The number of ether oxygens (including phenoxy) is 1. The van der Waals surface area contributed by atoms with E-state index in [0.29, 0.717) is 23.4 Å². The van der Waals surface area contributed by atoms with Crippen LogP contribution in [0.1, 0.15) is 49.8 Å². The number of aliphatic carboxylic acids is 1. The number of carbonyl (C=O) groups is 1. The van der Waals surface area contributed by atoms with Crippen LogP contribution in [0, 0.1) is 5.92 Å². The molecule has 0 bridgehead atoms. The molecular weight excluding hydrogens is 318 g/mol. The highest BCUT2D eigenvalue weighted by molar-refractivity contribution is 6.00. The Morgan fingerprint density at radius 2 is 2.28 bits per heavy atom. The quantitative estimate of drug-likeness (QED) is 0.837. The lowest BCUT2D eigenvalue weighted by molar-refractivity contribution is -0.137. The van der Waals surface area contributed by atoms with E-state index in [0.717, 1.165) is 10.9 Å². The Morgan fingerprint density at radius 3 is 3.00 bits per heavy atom. The molecule has 1 aromatic heterocycles. The number of carboxylic acids is 1. The maximum atomic E-state index is 10.9. The van der Waals surface area contributed by atoms with Gasteiger partial charge in [-0.25, -0.2) is 4.99 Å². The van der Waals surface area contributed by atoms with E-state index in [9.17, 15) is 4.79 Å². The fraction of sp³-hybridized carbons (Fsp3) is 0.474. The lowest BCUT2D eigenvalue weighted by atomic mass is 9.89. The molecule has 1 saturated carbocycles. The Hall–Kier alpha value is -2.50. The third kappa shape index (κ3) is 2.75. The molecular formula is C19H23N3O3. The van der Waals surface area contributed by atoms with Crippen LogP contribution in [0.5, 0.6) is 0 Å². The van der Waals surface area contributed by atoms with Crippen LogP contribution < -0.4 is 5.84 Å². The molecule has 0 radical (unpaired) electrons. The summed E-state index contributed by atoms with van der Waals surface area (Å²) >= 11 is 0. The molecule has 1 aliphatic heterocycles. The van der Waals surface area contributed by atoms with Crippen LogP contribution in [0.2, 0.25) is 0 Å². The summed E-state index contributed by atoms with van der Waals surface area (Å²) in [6.07, 6.45) is 3.68. The van der Waals surface area contributed by atoms with Gasteiger partial charge in [0.15, 0.2) is 0 Å². The minimum atomic E-state index is -0.871. The molecule has 6 nitrogen and oxygen atoms in total. The molecule has 2 aliphatic rings. The van der Waals surface area contributed by atoms with E-state index in [1.807, 2.05) is 6.07 Å². The molecule has 2 aromatic rings. The maximum absolute atomic E-state index is 10.9. The SMILES string of the molecule is CC1CCCC1c1cccc2cc(C3=NC(CC(=O)O)CO3)n(N)c12. The monoisotopic (exact) mass is 341 g/mol. The van der Waals surface area contributed by atoms with Gasteiger partial charge in [0.25, 0.3) is 0 Å². The Morgan fingerprint density at radius 1 is 1.44 bits per heavy atom. The van der Waals surface area contributed by atoms with E-state index in [-0.39, 0.29) is 19.1 Å². The van der Waals surface area contributed by atoms with Gasteiger partial charge in [-0.05, 0) is 29.9 Å². The number of aromatic nitrogens is 1. The summed E-state index contributed by atoms with van der Waals surface area (Å²) in [5, 5.41) is 10.00. The molecule has 3 atom stereocenters. The second-order valence-corrected chi connectivity index (χ2v) is 7.20. The first-order valence-electron chi connectivity index (χ1n) is 8.87. The average molecular weight is 341 g/mol. The van der Waals surface area contributed by atoms with Gasteiger partial charge in [0, 0.05) is 5.39 Å². The maximum Gasteiger partial charge on any atom is 0.305 e. The van der Waals surface area contributed by atoms with E-state index in [1.165, 1.54) is 24.8 Å². The summed E-state index contributed by atoms with van der Waals surface area (Å²) in [5.41, 5.74) is 3.03. The number of nitrogens with zero attached hydrogens (tertiary/aromatic N) is 2. The molecule has 0 amide bonds. The van der Waals surface area contributed by atoms with Gasteiger partial charge in [0.05, 0.1) is 18.0 Å². The number of hydrogen-bond acceptors (Lipinski definition) is 4. The first kappa shape index (κ1) is 16.0. The smallest absolute Gasteiger partial charge is 0.305 e. The van der Waals surface area contributed by atoms with Gasteiger partial charge in [-0.1, -0.05) is 38.0 Å². The molecule has 1 aliphatic carbocycles. The van der Waals surface area contributed by atoms with Crippen molar-refractivity contribution in [3.05, 3.63) is 35.5 Å². The molecule has 4 rings (SSSR count). The summed E-state index contributed by atoms with van der Waals surface area (Å²) in [7, 11) is 0. The number of para-hydroxylation sites is 1. The normalized spacial score (nSPS) is 26.0. The molecule has 3 N–H and O–H groups in total. The lowest BCUT2D eigenvalue weighted by Gasteiger charge is -2.18. The van der Waals surface area contributed by atoms with Crippen molar-refractivity contribution in [3.63, 3.8) is 0 Å². The molecule has 0 saturated heterocycles. The van der Waals surface area contributed by atoms with E-state index in [4.69, 9.17) is 15.7 Å². The predicted molar refractivity (Wildman–Crippen MR) is 96.4 cm³/mol.